The average Bonchev–Trinajstić information content (AvgIpc) is 3.23. The highest BCUT2D eigenvalue weighted by atomic mass is 16.5. The molecule has 2 aromatic carbocycles. The number of carbonyl (C=O) groups excluding carboxylic acids is 1. The van der Waals surface area contributed by atoms with Gasteiger partial charge < -0.3 is 19.9 Å². The molecule has 0 saturated carbocycles. The molecule has 5 heteroatoms. The maximum absolute atomic E-state index is 12.5. The fourth-order valence-electron chi connectivity index (χ4n) is 3.55. The van der Waals surface area contributed by atoms with E-state index in [4.69, 9.17) is 4.74 Å². The topological polar surface area (TPSA) is 44.8 Å². The highest BCUT2D eigenvalue weighted by Crippen LogP contribution is 2.24. The summed E-state index contributed by atoms with van der Waals surface area (Å²) in [4.78, 5) is 17.2. The first kappa shape index (κ1) is 21.3. The summed E-state index contributed by atoms with van der Waals surface area (Å²) in [6.45, 7) is 5.64. The zero-order valence-corrected chi connectivity index (χ0v) is 17.9. The van der Waals surface area contributed by atoms with Crippen molar-refractivity contribution in [1.29, 1.82) is 0 Å². The Balaban J connectivity index is 1.51. The molecule has 0 bridgehead atoms. The first-order valence-electron chi connectivity index (χ1n) is 10.6. The number of rotatable bonds is 9. The van der Waals surface area contributed by atoms with E-state index in [1.807, 2.05) is 36.4 Å². The highest BCUT2D eigenvalue weighted by molar-refractivity contribution is 6.04. The largest absolute Gasteiger partial charge is 0.377 e. The monoisotopic (exact) mass is 395 g/mol. The van der Waals surface area contributed by atoms with E-state index in [1.54, 1.807) is 0 Å². The Morgan fingerprint density at radius 1 is 1.14 bits per heavy atom. The smallest absolute Gasteiger partial charge is 0.255 e. The van der Waals surface area contributed by atoms with Gasteiger partial charge >= 0.3 is 0 Å². The number of hydrogen-bond acceptors (Lipinski definition) is 4. The summed E-state index contributed by atoms with van der Waals surface area (Å²) in [6.07, 6.45) is 3.40. The van der Waals surface area contributed by atoms with Gasteiger partial charge in [0, 0.05) is 42.7 Å². The second kappa shape index (κ2) is 10.4. The molecule has 1 saturated heterocycles. The molecule has 2 aromatic rings. The standard InChI is InChI=1S/C24H33N3O2/c1-4-5-16-29-18-19-6-8-20(9-7-19)24(28)25-21-10-12-22(13-11-21)27-15-14-23(17-27)26(2)3/h6-13,23H,4-5,14-18H2,1-3H3,(H,25,28). The molecule has 29 heavy (non-hydrogen) atoms. The molecule has 0 radical (unpaired) electrons. The van der Waals surface area contributed by atoms with Crippen LogP contribution in [0, 0.1) is 0 Å². The summed E-state index contributed by atoms with van der Waals surface area (Å²) in [7, 11) is 4.28. The van der Waals surface area contributed by atoms with Crippen molar-refractivity contribution in [3.8, 4) is 0 Å². The summed E-state index contributed by atoms with van der Waals surface area (Å²) in [5.41, 5.74) is 3.76. The van der Waals surface area contributed by atoms with Crippen LogP contribution in [0.3, 0.4) is 0 Å². The fraction of sp³-hybridized carbons (Fsp3) is 0.458. The first-order chi connectivity index (χ1) is 14.1. The minimum atomic E-state index is -0.0926. The third-order valence-corrected chi connectivity index (χ3v) is 5.51. The van der Waals surface area contributed by atoms with Crippen LogP contribution < -0.4 is 10.2 Å². The molecule has 156 valence electrons. The van der Waals surface area contributed by atoms with Crippen LogP contribution in [-0.4, -0.2) is 50.6 Å². The second-order valence-electron chi connectivity index (χ2n) is 7.96. The molecule has 3 rings (SSSR count). The van der Waals surface area contributed by atoms with E-state index >= 15 is 0 Å². The molecule has 1 aliphatic rings. The quantitative estimate of drug-likeness (QED) is 0.640. The average molecular weight is 396 g/mol. The summed E-state index contributed by atoms with van der Waals surface area (Å²) in [5, 5.41) is 2.99. The van der Waals surface area contributed by atoms with Gasteiger partial charge in [0.2, 0.25) is 0 Å². The minimum absolute atomic E-state index is 0.0926. The third kappa shape index (κ3) is 6.05. The number of unbranched alkanes of at least 4 members (excludes halogenated alkanes) is 1. The molecule has 0 spiro atoms. The molecule has 1 unspecified atom stereocenters. The lowest BCUT2D eigenvalue weighted by Crippen LogP contribution is -2.31. The predicted molar refractivity (Wildman–Crippen MR) is 120 cm³/mol. The maximum Gasteiger partial charge on any atom is 0.255 e. The predicted octanol–water partition coefficient (Wildman–Crippen LogP) is 4.40. The van der Waals surface area contributed by atoms with Crippen LogP contribution in [-0.2, 0) is 11.3 Å². The van der Waals surface area contributed by atoms with E-state index in [1.165, 1.54) is 12.1 Å². The van der Waals surface area contributed by atoms with Gasteiger partial charge in [0.05, 0.1) is 6.61 Å². The number of likely N-dealkylation sites (N-methyl/N-ethyl adjacent to an activating group) is 1. The van der Waals surface area contributed by atoms with E-state index in [0.717, 1.165) is 43.8 Å². The van der Waals surface area contributed by atoms with Crippen molar-refractivity contribution in [3.63, 3.8) is 0 Å². The molecule has 1 atom stereocenters. The molecule has 1 fully saturated rings. The van der Waals surface area contributed by atoms with Gasteiger partial charge in [-0.15, -0.1) is 0 Å². The zero-order valence-electron chi connectivity index (χ0n) is 17.9. The van der Waals surface area contributed by atoms with Crippen molar-refractivity contribution in [2.75, 3.05) is 44.0 Å². The fourth-order valence-corrected chi connectivity index (χ4v) is 3.55. The number of ether oxygens (including phenoxy) is 1. The number of carbonyl (C=O) groups is 1. The lowest BCUT2D eigenvalue weighted by molar-refractivity contribution is 0.102. The number of nitrogens with zero attached hydrogens (tertiary/aromatic N) is 2. The number of anilines is 2. The Hall–Kier alpha value is -2.37. The zero-order chi connectivity index (χ0) is 20.6. The van der Waals surface area contributed by atoms with Crippen molar-refractivity contribution in [2.45, 2.75) is 38.8 Å². The molecule has 1 N–H and O–H groups in total. The van der Waals surface area contributed by atoms with Gasteiger partial charge in [0.1, 0.15) is 0 Å². The van der Waals surface area contributed by atoms with Crippen LogP contribution in [0.1, 0.15) is 42.1 Å². The van der Waals surface area contributed by atoms with Crippen molar-refractivity contribution >= 4 is 17.3 Å². The van der Waals surface area contributed by atoms with E-state index in [2.05, 4.69) is 48.3 Å². The van der Waals surface area contributed by atoms with Crippen molar-refractivity contribution < 1.29 is 9.53 Å². The summed E-state index contributed by atoms with van der Waals surface area (Å²) in [5.74, 6) is -0.0926. The van der Waals surface area contributed by atoms with Crippen LogP contribution in [0.5, 0.6) is 0 Å². The van der Waals surface area contributed by atoms with Crippen LogP contribution in [0.2, 0.25) is 0 Å². The van der Waals surface area contributed by atoms with E-state index in [9.17, 15) is 4.79 Å². The van der Waals surface area contributed by atoms with E-state index < -0.39 is 0 Å². The number of benzene rings is 2. The number of hydrogen-bond donors (Lipinski definition) is 1. The van der Waals surface area contributed by atoms with Gasteiger partial charge in [0.15, 0.2) is 0 Å². The Morgan fingerprint density at radius 2 is 1.86 bits per heavy atom. The van der Waals surface area contributed by atoms with Crippen LogP contribution in [0.15, 0.2) is 48.5 Å². The molecule has 1 aliphatic heterocycles. The van der Waals surface area contributed by atoms with Crippen molar-refractivity contribution in [1.82, 2.24) is 4.90 Å². The first-order valence-corrected chi connectivity index (χ1v) is 10.6. The number of nitrogens with one attached hydrogen (secondary N) is 1. The highest BCUT2D eigenvalue weighted by Gasteiger charge is 2.23. The lowest BCUT2D eigenvalue weighted by atomic mass is 10.1. The third-order valence-electron chi connectivity index (χ3n) is 5.51. The minimum Gasteiger partial charge on any atom is -0.377 e. The summed E-state index contributed by atoms with van der Waals surface area (Å²) < 4.78 is 5.62. The Kier molecular flexibility index (Phi) is 7.67. The van der Waals surface area contributed by atoms with Crippen molar-refractivity contribution in [3.05, 3.63) is 59.7 Å². The molecular weight excluding hydrogens is 362 g/mol. The Morgan fingerprint density at radius 3 is 2.48 bits per heavy atom. The Labute approximate surface area is 174 Å². The van der Waals surface area contributed by atoms with Gasteiger partial charge in [-0.3, -0.25) is 4.79 Å². The van der Waals surface area contributed by atoms with Gasteiger partial charge in [-0.2, -0.15) is 0 Å². The van der Waals surface area contributed by atoms with Gasteiger partial charge in [-0.05, 0) is 68.9 Å². The van der Waals surface area contributed by atoms with Crippen molar-refractivity contribution in [2.24, 2.45) is 0 Å². The van der Waals surface area contributed by atoms with Crippen LogP contribution in [0.4, 0.5) is 11.4 Å². The molecule has 0 aliphatic carbocycles. The number of amides is 1. The van der Waals surface area contributed by atoms with E-state index in [-0.39, 0.29) is 5.91 Å². The molecular formula is C24H33N3O2. The summed E-state index contributed by atoms with van der Waals surface area (Å²) >= 11 is 0. The second-order valence-corrected chi connectivity index (χ2v) is 7.96. The maximum atomic E-state index is 12.5. The molecule has 0 aromatic heterocycles. The molecule has 1 heterocycles. The molecule has 5 nitrogen and oxygen atoms in total. The SMILES string of the molecule is CCCCOCc1ccc(C(=O)Nc2ccc(N3CCC(N(C)C)C3)cc2)cc1. The summed E-state index contributed by atoms with van der Waals surface area (Å²) in [6, 6.07) is 16.4. The normalized spacial score (nSPS) is 16.4. The lowest BCUT2D eigenvalue weighted by Gasteiger charge is -2.22. The molecule has 1 amide bonds. The van der Waals surface area contributed by atoms with Gasteiger partial charge in [-0.25, -0.2) is 0 Å². The van der Waals surface area contributed by atoms with Gasteiger partial charge in [-0.1, -0.05) is 25.5 Å². The van der Waals surface area contributed by atoms with Crippen LogP contribution in [0.25, 0.3) is 0 Å². The Bertz CT molecular complexity index is 772. The van der Waals surface area contributed by atoms with Gasteiger partial charge in [0.25, 0.3) is 5.91 Å². The van der Waals surface area contributed by atoms with E-state index in [0.29, 0.717) is 18.2 Å². The van der Waals surface area contributed by atoms with Crippen LogP contribution >= 0.6 is 0 Å².